The maximum atomic E-state index is 13.9. The van der Waals surface area contributed by atoms with Crippen LogP contribution in [0, 0.1) is 20.8 Å². The molecule has 6 heterocycles. The van der Waals surface area contributed by atoms with Crippen LogP contribution in [0.25, 0.3) is 39.5 Å². The van der Waals surface area contributed by atoms with Crippen LogP contribution in [0.1, 0.15) is 69.8 Å². The van der Waals surface area contributed by atoms with Crippen molar-refractivity contribution in [3.8, 4) is 22.5 Å². The normalized spacial score (nSPS) is 12.5. The Bertz CT molecular complexity index is 5390. The van der Waals surface area contributed by atoms with E-state index in [1.807, 2.05) is 0 Å². The second-order valence-corrected chi connectivity index (χ2v) is 32.7. The molecule has 0 saturated carbocycles. The SMILES string of the molecule is Cc1cc2nc(-c3ccccc3C(F)(F)F)cc(N(C(=O)OC(C)(C)C)c3ccc(S(=O)(=O)N(C)C)cc3)n2n1.Cc1cc2nc(-c3ccccc3C(F)(F)F)cc(Nc3ccc(S(=O)(=O)N(C)C)cc3)n2n1.Cc1cc2nc(Cl)cc(N(C(=O)OC(C)(C)C)c3ccc(S(=O)(=O)N(C)C)cc3)n2n1. The van der Waals surface area contributed by atoms with Gasteiger partial charge >= 0.3 is 24.5 Å². The highest BCUT2D eigenvalue weighted by atomic mass is 35.5. The first-order valence-corrected chi connectivity index (χ1v) is 36.0. The minimum absolute atomic E-state index is 0.0139. The van der Waals surface area contributed by atoms with Gasteiger partial charge in [0.05, 0.1) is 65.7 Å². The van der Waals surface area contributed by atoms with E-state index in [4.69, 9.17) is 21.1 Å². The first-order valence-electron chi connectivity index (χ1n) is 31.3. The zero-order chi connectivity index (χ0) is 76.7. The van der Waals surface area contributed by atoms with Crippen LogP contribution in [0.2, 0.25) is 5.15 Å². The van der Waals surface area contributed by atoms with Crippen LogP contribution in [0.15, 0.2) is 172 Å². The summed E-state index contributed by atoms with van der Waals surface area (Å²) in [5.41, 5.74) is 0.433. The number of alkyl halides is 6. The summed E-state index contributed by atoms with van der Waals surface area (Å²) in [5, 5.41) is 16.4. The highest BCUT2D eigenvalue weighted by molar-refractivity contribution is 7.89. The maximum Gasteiger partial charge on any atom is 0.420 e. The van der Waals surface area contributed by atoms with Gasteiger partial charge in [-0.3, -0.25) is 0 Å². The predicted molar refractivity (Wildman–Crippen MR) is 381 cm³/mol. The molecule has 25 nitrogen and oxygen atoms in total. The lowest BCUT2D eigenvalue weighted by Gasteiger charge is -2.28. The van der Waals surface area contributed by atoms with Gasteiger partial charge in [0.1, 0.15) is 33.8 Å². The lowest BCUT2D eigenvalue weighted by Crippen LogP contribution is -2.35. The molecule has 0 saturated heterocycles. The van der Waals surface area contributed by atoms with Crippen molar-refractivity contribution >= 4 is 105 Å². The third kappa shape index (κ3) is 17.6. The van der Waals surface area contributed by atoms with E-state index in [1.54, 1.807) is 92.6 Å². The number of rotatable bonds is 14. The molecule has 0 fully saturated rings. The minimum atomic E-state index is -4.65. The fraction of sp³-hybridized carbons (Fsp3) is 0.275. The van der Waals surface area contributed by atoms with E-state index in [0.717, 1.165) is 29.9 Å². The number of benzene rings is 5. The van der Waals surface area contributed by atoms with Crippen LogP contribution < -0.4 is 15.1 Å². The molecule has 1 N–H and O–H groups in total. The molecule has 2 amide bonds. The number of carbonyl (C=O) groups is 2. The van der Waals surface area contributed by atoms with Crippen molar-refractivity contribution in [3.63, 3.8) is 0 Å². The van der Waals surface area contributed by atoms with E-state index in [2.05, 4.69) is 35.6 Å². The molecular formula is C69H72ClF6N15O10S3. The second-order valence-electron chi connectivity index (χ2n) is 25.8. The number of aryl methyl sites for hydroxylation is 3. The molecule has 5 aromatic carbocycles. The van der Waals surface area contributed by atoms with Crippen LogP contribution in [0.5, 0.6) is 0 Å². The van der Waals surface area contributed by atoms with E-state index in [-0.39, 0.29) is 59.5 Å². The molecule has 6 aromatic heterocycles. The summed E-state index contributed by atoms with van der Waals surface area (Å²) in [7, 11) is -2.40. The van der Waals surface area contributed by atoms with Crippen molar-refractivity contribution in [1.82, 2.24) is 56.7 Å². The number of amides is 2. The fourth-order valence-corrected chi connectivity index (χ4v) is 13.0. The number of fused-ring (bicyclic) bond motifs is 3. The first kappa shape index (κ1) is 78.0. The Morgan fingerprint density at radius 1 is 0.442 bits per heavy atom. The first-order chi connectivity index (χ1) is 48.2. The Morgan fingerprint density at radius 2 is 0.769 bits per heavy atom. The summed E-state index contributed by atoms with van der Waals surface area (Å²) in [6.45, 7) is 15.5. The van der Waals surface area contributed by atoms with Crippen molar-refractivity contribution in [2.45, 2.75) is 101 Å². The Hall–Kier alpha value is -10.1. The van der Waals surface area contributed by atoms with Gasteiger partial charge < -0.3 is 14.8 Å². The molecule has 11 rings (SSSR count). The van der Waals surface area contributed by atoms with Crippen molar-refractivity contribution in [3.05, 3.63) is 191 Å². The molecule has 0 aliphatic heterocycles. The third-order valence-electron chi connectivity index (χ3n) is 14.9. The number of carbonyl (C=O) groups excluding carboxylic acids is 2. The van der Waals surface area contributed by atoms with Gasteiger partial charge in [-0.05, 0) is 147 Å². The van der Waals surface area contributed by atoms with Gasteiger partial charge in [-0.15, -0.1) is 0 Å². The van der Waals surface area contributed by atoms with Crippen LogP contribution >= 0.6 is 11.6 Å². The molecule has 0 radical (unpaired) electrons. The number of sulfonamides is 3. The number of nitrogens with one attached hydrogen (secondary N) is 1. The summed E-state index contributed by atoms with van der Waals surface area (Å²) < 4.78 is 176. The van der Waals surface area contributed by atoms with Crippen LogP contribution in [-0.4, -0.2) is 148 Å². The lowest BCUT2D eigenvalue weighted by atomic mass is 10.0. The molecule has 0 atom stereocenters. The van der Waals surface area contributed by atoms with Crippen molar-refractivity contribution in [2.75, 3.05) is 57.4 Å². The largest absolute Gasteiger partial charge is 0.443 e. The zero-order valence-corrected chi connectivity index (χ0v) is 61.9. The van der Waals surface area contributed by atoms with Crippen LogP contribution in [-0.2, 0) is 51.9 Å². The number of ether oxygens (including phenoxy) is 2. The van der Waals surface area contributed by atoms with E-state index in [9.17, 15) is 61.2 Å². The number of aromatic nitrogens is 9. The number of hydrogen-bond donors (Lipinski definition) is 1. The standard InChI is InChI=1S/C27H28F3N5O4S.C22H20F3N5O2S.C20H24ClN5O4S/c1-17-15-23-31-22(20-9-7-8-10-21(20)27(28,29)30)16-24(35(23)32-17)34(25(36)39-26(2,3)4)18-11-13-19(14-12-18)40(37,38)33(5)6;1-14-12-20-27-19(17-6-4-5-7-18(17)22(23,24)25)13-21(30(20)28-14)26-15-8-10-16(11-9-15)33(31,32)29(2)3;1-13-11-17-22-16(21)12-18(26(17)23-13)25(19(27)30-20(2,3)4)14-7-9-15(10-8-14)31(28,29)24(5)6/h7-16H,1-6H3;4-13,26H,1-3H3;7-12H,1-6H3. The summed E-state index contributed by atoms with van der Waals surface area (Å²) in [5.74, 6) is 0.728. The van der Waals surface area contributed by atoms with Crippen molar-refractivity contribution in [2.24, 2.45) is 0 Å². The van der Waals surface area contributed by atoms with Gasteiger partial charge in [0.25, 0.3) is 0 Å². The molecule has 0 bridgehead atoms. The molecule has 0 spiro atoms. The summed E-state index contributed by atoms with van der Waals surface area (Å²) in [6.07, 6.45) is -10.7. The number of halogens is 7. The van der Waals surface area contributed by atoms with Crippen molar-refractivity contribution < 1.29 is 70.7 Å². The quantitative estimate of drug-likeness (QED) is 0.0782. The third-order valence-corrected chi connectivity index (χ3v) is 20.5. The van der Waals surface area contributed by atoms with E-state index in [1.165, 1.54) is 176 Å². The maximum absolute atomic E-state index is 13.9. The van der Waals surface area contributed by atoms with Gasteiger partial charge in [-0.1, -0.05) is 48.0 Å². The highest BCUT2D eigenvalue weighted by Gasteiger charge is 2.37. The zero-order valence-electron chi connectivity index (χ0n) is 58.7. The fourth-order valence-electron chi connectivity index (χ4n) is 10.1. The number of hydrogen-bond acceptors (Lipinski definition) is 17. The van der Waals surface area contributed by atoms with Crippen LogP contribution in [0.4, 0.5) is 70.4 Å². The highest BCUT2D eigenvalue weighted by Crippen LogP contribution is 2.41. The van der Waals surface area contributed by atoms with Gasteiger partial charge in [0.15, 0.2) is 16.9 Å². The summed E-state index contributed by atoms with van der Waals surface area (Å²) in [4.78, 5) is 42.4. The monoisotopic (exact) mass is 1520 g/mol. The Balaban J connectivity index is 0.000000183. The van der Waals surface area contributed by atoms with Gasteiger partial charge in [0, 0.05) is 95.5 Å². The Morgan fingerprint density at radius 3 is 1.13 bits per heavy atom. The molecule has 0 unspecified atom stereocenters. The number of anilines is 6. The Labute approximate surface area is 601 Å². The number of nitrogens with zero attached hydrogens (tertiary/aromatic N) is 14. The molecule has 0 aliphatic carbocycles. The predicted octanol–water partition coefficient (Wildman–Crippen LogP) is 14.8. The molecular weight excluding hydrogens is 1440 g/mol. The van der Waals surface area contributed by atoms with E-state index in [0.29, 0.717) is 51.4 Å². The average Bonchev–Trinajstić information content (AvgIpc) is 1.48. The van der Waals surface area contributed by atoms with E-state index < -0.39 is 76.9 Å². The van der Waals surface area contributed by atoms with E-state index >= 15 is 0 Å². The van der Waals surface area contributed by atoms with Gasteiger partial charge in [-0.2, -0.15) is 55.2 Å². The second kappa shape index (κ2) is 29.6. The van der Waals surface area contributed by atoms with Gasteiger partial charge in [-0.25, -0.2) is 72.5 Å². The Kier molecular flexibility index (Phi) is 22.2. The van der Waals surface area contributed by atoms with Crippen LogP contribution in [0.3, 0.4) is 0 Å². The minimum Gasteiger partial charge on any atom is -0.443 e. The molecule has 11 aromatic rings. The lowest BCUT2D eigenvalue weighted by molar-refractivity contribution is -0.137. The smallest absolute Gasteiger partial charge is 0.420 e. The topological polar surface area (TPSA) is 274 Å². The molecule has 0 aliphatic rings. The average molecular weight is 1520 g/mol. The van der Waals surface area contributed by atoms with Crippen molar-refractivity contribution in [1.29, 1.82) is 0 Å². The van der Waals surface area contributed by atoms with Gasteiger partial charge in [0.2, 0.25) is 30.1 Å². The molecule has 35 heteroatoms. The molecule has 550 valence electrons. The molecule has 104 heavy (non-hydrogen) atoms. The summed E-state index contributed by atoms with van der Waals surface area (Å²) in [6, 6.07) is 36.9. The summed E-state index contributed by atoms with van der Waals surface area (Å²) >= 11 is 6.21.